The van der Waals surface area contributed by atoms with Gasteiger partial charge in [0, 0.05) is 5.70 Å². The molecule has 1 aromatic carbocycles. The minimum Gasteiger partial charge on any atom is -0.494 e. The number of benzene rings is 1. The molecule has 27 heavy (non-hydrogen) atoms. The van der Waals surface area contributed by atoms with Gasteiger partial charge in [0.2, 0.25) is 0 Å². The van der Waals surface area contributed by atoms with Gasteiger partial charge in [-0.2, -0.15) is 0 Å². The lowest BCUT2D eigenvalue weighted by atomic mass is 9.95. The molecule has 0 radical (unpaired) electrons. The van der Waals surface area contributed by atoms with Crippen molar-refractivity contribution in [2.24, 2.45) is 0 Å². The number of esters is 1. The van der Waals surface area contributed by atoms with E-state index in [4.69, 9.17) is 9.47 Å². The summed E-state index contributed by atoms with van der Waals surface area (Å²) in [5.41, 5.74) is 1.78. The van der Waals surface area contributed by atoms with E-state index < -0.39 is 6.04 Å². The Hall–Kier alpha value is -2.50. The highest BCUT2D eigenvalue weighted by molar-refractivity contribution is 5.95. The quantitative estimate of drug-likeness (QED) is 0.605. The Balaban J connectivity index is 1.85. The van der Waals surface area contributed by atoms with Crippen molar-refractivity contribution in [3.8, 4) is 5.75 Å². The van der Waals surface area contributed by atoms with Gasteiger partial charge in [-0.3, -0.25) is 0 Å². The number of hydrogen-bond donors (Lipinski definition) is 2. The van der Waals surface area contributed by atoms with Crippen LogP contribution < -0.4 is 15.4 Å². The lowest BCUT2D eigenvalue weighted by Crippen LogP contribution is -2.45. The highest BCUT2D eigenvalue weighted by atomic mass is 16.5. The van der Waals surface area contributed by atoms with Gasteiger partial charge in [0.1, 0.15) is 11.9 Å². The summed E-state index contributed by atoms with van der Waals surface area (Å²) in [5, 5.41) is 5.55. The molecule has 1 saturated carbocycles. The normalized spacial score (nSPS) is 21.1. The Morgan fingerprint density at radius 2 is 1.93 bits per heavy atom. The maximum Gasteiger partial charge on any atom is 0.338 e. The molecular formula is C21H28N2O4. The Bertz CT molecular complexity index is 721. The summed E-state index contributed by atoms with van der Waals surface area (Å²) in [6.07, 6.45) is 6.33. The molecule has 6 nitrogen and oxygen atoms in total. The zero-order valence-corrected chi connectivity index (χ0v) is 16.0. The molecule has 1 heterocycles. The molecule has 2 N–H and O–H groups in total. The second kappa shape index (κ2) is 8.93. The number of rotatable bonds is 5. The molecule has 2 amide bonds. The van der Waals surface area contributed by atoms with Gasteiger partial charge in [0.05, 0.1) is 18.2 Å². The second-order valence-corrected chi connectivity index (χ2v) is 7.09. The summed E-state index contributed by atoms with van der Waals surface area (Å²) in [6, 6.07) is 6.56. The molecule has 0 unspecified atom stereocenters. The van der Waals surface area contributed by atoms with Crippen LogP contribution in [0, 0.1) is 0 Å². The highest BCUT2D eigenvalue weighted by Gasteiger charge is 2.33. The largest absolute Gasteiger partial charge is 0.494 e. The first-order valence-electron chi connectivity index (χ1n) is 9.80. The molecule has 0 bridgehead atoms. The predicted octanol–water partition coefficient (Wildman–Crippen LogP) is 3.98. The molecule has 1 atom stereocenters. The van der Waals surface area contributed by atoms with Gasteiger partial charge < -0.3 is 20.1 Å². The number of ether oxygens (including phenoxy) is 2. The van der Waals surface area contributed by atoms with Crippen molar-refractivity contribution in [3.63, 3.8) is 0 Å². The zero-order valence-electron chi connectivity index (χ0n) is 16.0. The van der Waals surface area contributed by atoms with Crippen molar-refractivity contribution in [3.05, 3.63) is 41.1 Å². The summed E-state index contributed by atoms with van der Waals surface area (Å²) in [4.78, 5) is 25.0. The van der Waals surface area contributed by atoms with Crippen LogP contribution in [0.3, 0.4) is 0 Å². The van der Waals surface area contributed by atoms with Gasteiger partial charge >= 0.3 is 12.0 Å². The van der Waals surface area contributed by atoms with Crippen LogP contribution in [-0.2, 0) is 9.53 Å². The fourth-order valence-corrected chi connectivity index (χ4v) is 3.74. The van der Waals surface area contributed by atoms with Crippen LogP contribution >= 0.6 is 0 Å². The summed E-state index contributed by atoms with van der Waals surface area (Å²) in [6.45, 7) is 4.20. The van der Waals surface area contributed by atoms with E-state index >= 15 is 0 Å². The van der Waals surface area contributed by atoms with E-state index in [1.54, 1.807) is 6.92 Å². The summed E-state index contributed by atoms with van der Waals surface area (Å²) in [5.74, 6) is 0.343. The molecule has 0 aromatic heterocycles. The molecular weight excluding hydrogens is 344 g/mol. The topological polar surface area (TPSA) is 76.7 Å². The molecule has 146 valence electrons. The van der Waals surface area contributed by atoms with E-state index in [1.165, 1.54) is 12.8 Å². The highest BCUT2D eigenvalue weighted by Crippen LogP contribution is 2.31. The van der Waals surface area contributed by atoms with Crippen LogP contribution in [0.4, 0.5) is 4.79 Å². The van der Waals surface area contributed by atoms with Gasteiger partial charge in [-0.05, 0) is 57.2 Å². The number of carbonyl (C=O) groups excluding carboxylic acids is 2. The van der Waals surface area contributed by atoms with Crippen molar-refractivity contribution in [1.29, 1.82) is 0 Å². The SMILES string of the molecule is CCOc1cccc([C@@H]2NC(=O)NC(C)=C2C(=O)OC2CCCCCC2)c1. The molecule has 1 aliphatic heterocycles. The average Bonchev–Trinajstić information content (AvgIpc) is 2.90. The molecule has 2 aliphatic rings. The zero-order chi connectivity index (χ0) is 19.2. The Morgan fingerprint density at radius 1 is 1.19 bits per heavy atom. The van der Waals surface area contributed by atoms with Crippen molar-refractivity contribution in [2.75, 3.05) is 6.61 Å². The summed E-state index contributed by atoms with van der Waals surface area (Å²) < 4.78 is 11.4. The van der Waals surface area contributed by atoms with E-state index in [0.717, 1.165) is 31.2 Å². The van der Waals surface area contributed by atoms with Crippen LogP contribution in [0.25, 0.3) is 0 Å². The first-order chi connectivity index (χ1) is 13.1. The minimum absolute atomic E-state index is 0.0478. The number of amides is 2. The standard InChI is InChI=1S/C21H28N2O4/c1-3-26-17-12-8-9-15(13-17)19-18(14(2)22-21(25)23-19)20(24)27-16-10-6-4-5-7-11-16/h8-9,12-13,16,19H,3-7,10-11H2,1-2H3,(H2,22,23,25)/t19-/m0/s1. The van der Waals surface area contributed by atoms with Gasteiger partial charge in [0.25, 0.3) is 0 Å². The van der Waals surface area contributed by atoms with Crippen molar-refractivity contribution < 1.29 is 19.1 Å². The fraction of sp³-hybridized carbons (Fsp3) is 0.524. The number of urea groups is 1. The first kappa shape index (κ1) is 19.3. The van der Waals surface area contributed by atoms with Crippen LogP contribution in [0.15, 0.2) is 35.5 Å². The van der Waals surface area contributed by atoms with Gasteiger partial charge in [-0.25, -0.2) is 9.59 Å². The average molecular weight is 372 g/mol. The predicted molar refractivity (Wildman–Crippen MR) is 102 cm³/mol. The van der Waals surface area contributed by atoms with E-state index in [1.807, 2.05) is 31.2 Å². The summed E-state index contributed by atoms with van der Waals surface area (Å²) in [7, 11) is 0. The van der Waals surface area contributed by atoms with Crippen molar-refractivity contribution in [2.45, 2.75) is 64.5 Å². The van der Waals surface area contributed by atoms with Crippen LogP contribution in [0.5, 0.6) is 5.75 Å². The minimum atomic E-state index is -0.558. The van der Waals surface area contributed by atoms with Crippen LogP contribution in [-0.4, -0.2) is 24.7 Å². The third kappa shape index (κ3) is 4.81. The van der Waals surface area contributed by atoms with Gasteiger partial charge in [0.15, 0.2) is 0 Å². The van der Waals surface area contributed by atoms with E-state index in [9.17, 15) is 9.59 Å². The first-order valence-corrected chi connectivity index (χ1v) is 9.80. The maximum absolute atomic E-state index is 13.0. The Morgan fingerprint density at radius 3 is 2.63 bits per heavy atom. The number of hydrogen-bond acceptors (Lipinski definition) is 4. The number of allylic oxidation sites excluding steroid dienone is 1. The van der Waals surface area contributed by atoms with E-state index in [-0.39, 0.29) is 18.1 Å². The van der Waals surface area contributed by atoms with E-state index in [2.05, 4.69) is 10.6 Å². The molecule has 1 aromatic rings. The third-order valence-corrected chi connectivity index (χ3v) is 5.07. The number of carbonyl (C=O) groups is 2. The maximum atomic E-state index is 13.0. The Labute approximate surface area is 160 Å². The molecule has 1 fully saturated rings. The van der Waals surface area contributed by atoms with Gasteiger partial charge in [-0.15, -0.1) is 0 Å². The molecule has 1 aliphatic carbocycles. The molecule has 0 saturated heterocycles. The molecule has 6 heteroatoms. The van der Waals surface area contributed by atoms with Gasteiger partial charge in [-0.1, -0.05) is 25.0 Å². The molecule has 0 spiro atoms. The molecule has 3 rings (SSSR count). The third-order valence-electron chi connectivity index (χ3n) is 5.07. The summed E-state index contributed by atoms with van der Waals surface area (Å²) >= 11 is 0. The van der Waals surface area contributed by atoms with Crippen molar-refractivity contribution in [1.82, 2.24) is 10.6 Å². The smallest absolute Gasteiger partial charge is 0.338 e. The van der Waals surface area contributed by atoms with Crippen LogP contribution in [0.2, 0.25) is 0 Å². The second-order valence-electron chi connectivity index (χ2n) is 7.09. The Kier molecular flexibility index (Phi) is 6.37. The van der Waals surface area contributed by atoms with Crippen molar-refractivity contribution >= 4 is 12.0 Å². The fourth-order valence-electron chi connectivity index (χ4n) is 3.74. The lowest BCUT2D eigenvalue weighted by molar-refractivity contribution is -0.145. The number of nitrogens with one attached hydrogen (secondary N) is 2. The monoisotopic (exact) mass is 372 g/mol. The van der Waals surface area contributed by atoms with E-state index in [0.29, 0.717) is 23.6 Å². The lowest BCUT2D eigenvalue weighted by Gasteiger charge is -2.29. The van der Waals surface area contributed by atoms with Crippen LogP contribution in [0.1, 0.15) is 64.0 Å².